The zero-order chi connectivity index (χ0) is 12.0. The number of hydrogen-bond donors (Lipinski definition) is 1. The van der Waals surface area contributed by atoms with Crippen LogP contribution in [0.25, 0.3) is 0 Å². The van der Waals surface area contributed by atoms with Crippen molar-refractivity contribution in [1.82, 2.24) is 10.2 Å². The predicted molar refractivity (Wildman–Crippen MR) is 86.8 cm³/mol. The Balaban J connectivity index is 0.00000256. The number of guanidine groups is 1. The second kappa shape index (κ2) is 8.42. The molecule has 0 amide bonds. The van der Waals surface area contributed by atoms with Gasteiger partial charge >= 0.3 is 0 Å². The van der Waals surface area contributed by atoms with E-state index in [0.29, 0.717) is 11.4 Å². The van der Waals surface area contributed by atoms with Crippen molar-refractivity contribution in [2.45, 2.75) is 18.6 Å². The van der Waals surface area contributed by atoms with Crippen LogP contribution in [0.4, 0.5) is 0 Å². The predicted octanol–water partition coefficient (Wildman–Crippen LogP) is 1.65. The number of ether oxygens (including phenoxy) is 1. The number of halogens is 1. The van der Waals surface area contributed by atoms with E-state index in [1.54, 1.807) is 7.11 Å². The van der Waals surface area contributed by atoms with E-state index in [-0.39, 0.29) is 24.0 Å². The second-order valence-electron chi connectivity index (χ2n) is 4.50. The molecule has 102 valence electrons. The Hall–Kier alpha value is 0.310. The van der Waals surface area contributed by atoms with Crippen LogP contribution in [0.3, 0.4) is 0 Å². The highest BCUT2D eigenvalue weighted by molar-refractivity contribution is 14.0. The minimum atomic E-state index is 0. The van der Waals surface area contributed by atoms with Crippen LogP contribution < -0.4 is 5.32 Å². The van der Waals surface area contributed by atoms with Crippen LogP contribution in [0.15, 0.2) is 4.99 Å². The van der Waals surface area contributed by atoms with Crippen molar-refractivity contribution in [3.05, 3.63) is 0 Å². The smallest absolute Gasteiger partial charge is 0.193 e. The molecule has 17 heavy (non-hydrogen) atoms. The normalized spacial score (nSPS) is 19.8. The van der Waals surface area contributed by atoms with Crippen LogP contribution in [0.5, 0.6) is 0 Å². The zero-order valence-corrected chi connectivity index (χ0v) is 14.3. The minimum Gasteiger partial charge on any atom is -0.383 e. The molecule has 1 aliphatic heterocycles. The summed E-state index contributed by atoms with van der Waals surface area (Å²) in [4.78, 5) is 6.64. The number of rotatable bonds is 3. The van der Waals surface area contributed by atoms with Crippen LogP contribution in [0.2, 0.25) is 0 Å². The first-order chi connectivity index (χ1) is 7.59. The third-order valence-electron chi connectivity index (χ3n) is 2.53. The van der Waals surface area contributed by atoms with Gasteiger partial charge in [0.2, 0.25) is 0 Å². The highest BCUT2D eigenvalue weighted by Gasteiger charge is 2.28. The van der Waals surface area contributed by atoms with Crippen LogP contribution in [-0.2, 0) is 4.74 Å². The summed E-state index contributed by atoms with van der Waals surface area (Å²) in [5.74, 6) is 2.16. The SMILES string of the molecule is CN=C(NCCOC)N1CCSC(C)(C)C1.I. The number of hydrogen-bond acceptors (Lipinski definition) is 3. The van der Waals surface area contributed by atoms with E-state index in [4.69, 9.17) is 4.74 Å². The second-order valence-corrected chi connectivity index (χ2v) is 6.30. The van der Waals surface area contributed by atoms with Gasteiger partial charge in [-0.1, -0.05) is 0 Å². The van der Waals surface area contributed by atoms with Gasteiger partial charge in [-0.05, 0) is 13.8 Å². The van der Waals surface area contributed by atoms with E-state index >= 15 is 0 Å². The van der Waals surface area contributed by atoms with E-state index in [1.165, 1.54) is 0 Å². The fourth-order valence-electron chi connectivity index (χ4n) is 1.79. The van der Waals surface area contributed by atoms with Gasteiger partial charge in [-0.2, -0.15) is 11.8 Å². The largest absolute Gasteiger partial charge is 0.383 e. The first-order valence-corrected chi connectivity index (χ1v) is 6.66. The zero-order valence-electron chi connectivity index (χ0n) is 11.2. The Kier molecular flexibility index (Phi) is 8.57. The van der Waals surface area contributed by atoms with Crippen molar-refractivity contribution in [3.8, 4) is 0 Å². The van der Waals surface area contributed by atoms with E-state index in [0.717, 1.165) is 31.3 Å². The average molecular weight is 373 g/mol. The summed E-state index contributed by atoms with van der Waals surface area (Å²) in [7, 11) is 3.55. The maximum atomic E-state index is 5.02. The third-order valence-corrected chi connectivity index (χ3v) is 3.82. The summed E-state index contributed by atoms with van der Waals surface area (Å²) in [6, 6.07) is 0. The maximum absolute atomic E-state index is 5.02. The molecule has 0 radical (unpaired) electrons. The Morgan fingerprint density at radius 3 is 2.76 bits per heavy atom. The van der Waals surface area contributed by atoms with Crippen molar-refractivity contribution in [2.75, 3.05) is 46.2 Å². The standard InChI is InChI=1S/C11H23N3OS.HI/c1-11(2)9-14(6-8-16-11)10(12-3)13-5-7-15-4;/h5-9H2,1-4H3,(H,12,13);1H. The van der Waals surface area contributed by atoms with Crippen LogP contribution >= 0.6 is 35.7 Å². The first kappa shape index (κ1) is 17.3. The Labute approximate surface area is 126 Å². The topological polar surface area (TPSA) is 36.9 Å². The van der Waals surface area contributed by atoms with Crippen molar-refractivity contribution in [1.29, 1.82) is 0 Å². The molecule has 1 fully saturated rings. The molecule has 1 rings (SSSR count). The number of methoxy groups -OCH3 is 1. The molecule has 1 aliphatic rings. The molecule has 0 aliphatic carbocycles. The molecular weight excluding hydrogens is 349 g/mol. The van der Waals surface area contributed by atoms with Crippen LogP contribution in [0, 0.1) is 0 Å². The lowest BCUT2D eigenvalue weighted by molar-refractivity contribution is 0.202. The van der Waals surface area contributed by atoms with Crippen molar-refractivity contribution in [3.63, 3.8) is 0 Å². The molecule has 1 saturated heterocycles. The van der Waals surface area contributed by atoms with Gasteiger partial charge in [-0.3, -0.25) is 4.99 Å². The van der Waals surface area contributed by atoms with E-state index in [2.05, 4.69) is 29.1 Å². The molecule has 0 atom stereocenters. The average Bonchev–Trinajstić information content (AvgIpc) is 2.23. The van der Waals surface area contributed by atoms with Crippen LogP contribution in [0.1, 0.15) is 13.8 Å². The summed E-state index contributed by atoms with van der Waals surface area (Å²) in [6.45, 7) is 8.21. The van der Waals surface area contributed by atoms with Gasteiger partial charge in [0.25, 0.3) is 0 Å². The maximum Gasteiger partial charge on any atom is 0.193 e. The third kappa shape index (κ3) is 6.15. The lowest BCUT2D eigenvalue weighted by Crippen LogP contribution is -2.51. The lowest BCUT2D eigenvalue weighted by atomic mass is 10.2. The van der Waals surface area contributed by atoms with Gasteiger partial charge in [0.05, 0.1) is 6.61 Å². The van der Waals surface area contributed by atoms with Crippen LogP contribution in [-0.4, -0.2) is 61.8 Å². The molecule has 1 heterocycles. The van der Waals surface area contributed by atoms with Gasteiger partial charge < -0.3 is 15.0 Å². The molecule has 0 aromatic heterocycles. The fraction of sp³-hybridized carbons (Fsp3) is 0.909. The Bertz CT molecular complexity index is 249. The molecule has 0 aromatic carbocycles. The molecule has 0 spiro atoms. The summed E-state index contributed by atoms with van der Waals surface area (Å²) >= 11 is 2.03. The summed E-state index contributed by atoms with van der Waals surface area (Å²) < 4.78 is 5.34. The lowest BCUT2D eigenvalue weighted by Gasteiger charge is -2.39. The van der Waals surface area contributed by atoms with Gasteiger partial charge in [0.15, 0.2) is 5.96 Å². The molecule has 0 bridgehead atoms. The summed E-state index contributed by atoms with van der Waals surface area (Å²) in [5.41, 5.74) is 0. The summed E-state index contributed by atoms with van der Waals surface area (Å²) in [5, 5.41) is 3.32. The van der Waals surface area contributed by atoms with Crippen molar-refractivity contribution >= 4 is 41.7 Å². The Morgan fingerprint density at radius 2 is 2.24 bits per heavy atom. The molecule has 0 unspecified atom stereocenters. The molecule has 4 nitrogen and oxygen atoms in total. The molecular formula is C11H24IN3OS. The minimum absolute atomic E-state index is 0. The first-order valence-electron chi connectivity index (χ1n) is 5.67. The number of aliphatic imine (C=N–C) groups is 1. The van der Waals surface area contributed by atoms with Crippen molar-refractivity contribution in [2.24, 2.45) is 4.99 Å². The Morgan fingerprint density at radius 1 is 1.53 bits per heavy atom. The number of thioether (sulfide) groups is 1. The van der Waals surface area contributed by atoms with Gasteiger partial charge in [-0.15, -0.1) is 24.0 Å². The van der Waals surface area contributed by atoms with E-state index < -0.39 is 0 Å². The fourth-order valence-corrected chi connectivity index (χ4v) is 2.91. The van der Waals surface area contributed by atoms with Crippen molar-refractivity contribution < 1.29 is 4.74 Å². The van der Waals surface area contributed by atoms with E-state index in [1.807, 2.05) is 18.8 Å². The van der Waals surface area contributed by atoms with Gasteiger partial charge in [0.1, 0.15) is 0 Å². The van der Waals surface area contributed by atoms with Gasteiger partial charge in [0, 0.05) is 44.3 Å². The highest BCUT2D eigenvalue weighted by Crippen LogP contribution is 2.29. The highest BCUT2D eigenvalue weighted by atomic mass is 127. The monoisotopic (exact) mass is 373 g/mol. The van der Waals surface area contributed by atoms with Gasteiger partial charge in [-0.25, -0.2) is 0 Å². The molecule has 6 heteroatoms. The molecule has 0 saturated carbocycles. The number of nitrogens with zero attached hydrogens (tertiary/aromatic N) is 2. The number of nitrogens with one attached hydrogen (secondary N) is 1. The molecule has 1 N–H and O–H groups in total. The van der Waals surface area contributed by atoms with E-state index in [9.17, 15) is 0 Å². The quantitative estimate of drug-likeness (QED) is 0.353. The molecule has 0 aromatic rings. The summed E-state index contributed by atoms with van der Waals surface area (Å²) in [6.07, 6.45) is 0.